The van der Waals surface area contributed by atoms with E-state index in [2.05, 4.69) is 5.32 Å². The lowest BCUT2D eigenvalue weighted by Gasteiger charge is -2.32. The first-order valence-electron chi connectivity index (χ1n) is 12.0. The van der Waals surface area contributed by atoms with Crippen LogP contribution in [-0.4, -0.2) is 57.1 Å². The summed E-state index contributed by atoms with van der Waals surface area (Å²) in [5.74, 6) is -0.509. The van der Waals surface area contributed by atoms with E-state index in [-0.39, 0.29) is 29.9 Å². The molecule has 1 saturated carbocycles. The fourth-order valence-electron chi connectivity index (χ4n) is 4.40. The lowest BCUT2D eigenvalue weighted by atomic mass is 10.1. The summed E-state index contributed by atoms with van der Waals surface area (Å²) in [6.45, 7) is 3.25. The average Bonchev–Trinajstić information content (AvgIpc) is 3.33. The maximum absolute atomic E-state index is 13.7. The number of carbonyl (C=O) groups is 2. The number of halogens is 1. The van der Waals surface area contributed by atoms with Crippen LogP contribution in [0.25, 0.3) is 0 Å². The highest BCUT2D eigenvalue weighted by atomic mass is 35.5. The summed E-state index contributed by atoms with van der Waals surface area (Å²) in [6, 6.07) is 11.4. The minimum absolute atomic E-state index is 0.0959. The van der Waals surface area contributed by atoms with Crippen LogP contribution in [0.5, 0.6) is 5.75 Å². The van der Waals surface area contributed by atoms with E-state index < -0.39 is 28.5 Å². The van der Waals surface area contributed by atoms with Crippen LogP contribution < -0.4 is 14.4 Å². The zero-order valence-corrected chi connectivity index (χ0v) is 22.7. The van der Waals surface area contributed by atoms with Crippen LogP contribution in [0.1, 0.15) is 43.7 Å². The number of ether oxygens (including phenoxy) is 1. The van der Waals surface area contributed by atoms with Crippen LogP contribution in [-0.2, 0) is 26.2 Å². The highest BCUT2D eigenvalue weighted by molar-refractivity contribution is 7.92. The van der Waals surface area contributed by atoms with E-state index >= 15 is 0 Å². The highest BCUT2D eigenvalue weighted by Gasteiger charge is 2.32. The van der Waals surface area contributed by atoms with E-state index in [9.17, 15) is 18.0 Å². The highest BCUT2D eigenvalue weighted by Crippen LogP contribution is 2.33. The summed E-state index contributed by atoms with van der Waals surface area (Å²) in [5, 5.41) is 3.35. The number of carbonyl (C=O) groups excluding carboxylic acids is 2. The van der Waals surface area contributed by atoms with Crippen molar-refractivity contribution in [3.05, 3.63) is 58.6 Å². The molecule has 3 rings (SSSR count). The second-order valence-corrected chi connectivity index (χ2v) is 11.5. The van der Waals surface area contributed by atoms with E-state index in [1.807, 2.05) is 31.2 Å². The molecule has 0 spiro atoms. The Hall–Kier alpha value is -2.78. The number of methoxy groups -OCH3 is 1. The summed E-state index contributed by atoms with van der Waals surface area (Å²) < 4.78 is 31.9. The fraction of sp³-hybridized carbons (Fsp3) is 0.462. The van der Waals surface area contributed by atoms with Crippen molar-refractivity contribution in [1.82, 2.24) is 10.2 Å². The number of benzene rings is 2. The first-order chi connectivity index (χ1) is 17.0. The molecule has 2 aromatic rings. The van der Waals surface area contributed by atoms with Gasteiger partial charge in [-0.15, -0.1) is 0 Å². The van der Waals surface area contributed by atoms with E-state index in [4.69, 9.17) is 16.3 Å². The maximum atomic E-state index is 13.7. The number of sulfonamides is 1. The first-order valence-corrected chi connectivity index (χ1v) is 14.2. The molecule has 1 fully saturated rings. The van der Waals surface area contributed by atoms with Gasteiger partial charge in [0.25, 0.3) is 0 Å². The zero-order chi connectivity index (χ0) is 26.5. The Morgan fingerprint density at radius 3 is 2.44 bits per heavy atom. The molecule has 1 aliphatic rings. The van der Waals surface area contributed by atoms with Gasteiger partial charge in [0, 0.05) is 17.6 Å². The molecule has 0 unspecified atom stereocenters. The van der Waals surface area contributed by atoms with Crippen molar-refractivity contribution >= 4 is 39.1 Å². The third-order valence-electron chi connectivity index (χ3n) is 6.56. The van der Waals surface area contributed by atoms with Crippen molar-refractivity contribution in [1.29, 1.82) is 0 Å². The molecular weight excluding hydrogens is 502 g/mol. The van der Waals surface area contributed by atoms with Gasteiger partial charge in [-0.05, 0) is 56.0 Å². The summed E-state index contributed by atoms with van der Waals surface area (Å²) in [4.78, 5) is 28.3. The standard InChI is InChI=1S/C26H34ClN3O5S/c1-18-9-5-6-10-20(18)16-29(19(2)26(32)28-22-11-7-8-12-22)25(31)17-30(36(4,33)34)23-15-21(27)13-14-24(23)35-3/h5-6,9-10,13-15,19,22H,7-8,11-12,16-17H2,1-4H3,(H,28,32)/t19-/m0/s1. The predicted octanol–water partition coefficient (Wildman–Crippen LogP) is 3.90. The Balaban J connectivity index is 1.94. The minimum atomic E-state index is -3.89. The number of aryl methyl sites for hydroxylation is 1. The number of nitrogens with zero attached hydrogens (tertiary/aromatic N) is 2. The summed E-state index contributed by atoms with van der Waals surface area (Å²) in [7, 11) is -2.48. The molecule has 0 bridgehead atoms. The van der Waals surface area contributed by atoms with Crippen molar-refractivity contribution in [2.45, 2.75) is 58.2 Å². The van der Waals surface area contributed by atoms with Crippen LogP contribution >= 0.6 is 11.6 Å². The molecule has 8 nitrogen and oxygen atoms in total. The molecule has 1 aliphatic carbocycles. The molecule has 0 radical (unpaired) electrons. The molecule has 1 N–H and O–H groups in total. The molecule has 196 valence electrons. The number of hydrogen-bond donors (Lipinski definition) is 1. The van der Waals surface area contributed by atoms with Crippen LogP contribution in [0.3, 0.4) is 0 Å². The van der Waals surface area contributed by atoms with Gasteiger partial charge in [0.1, 0.15) is 18.3 Å². The van der Waals surface area contributed by atoms with Crippen molar-refractivity contribution in [3.8, 4) is 5.75 Å². The quantitative estimate of drug-likeness (QED) is 0.498. The van der Waals surface area contributed by atoms with E-state index in [1.165, 1.54) is 18.1 Å². The Labute approximate surface area is 218 Å². The van der Waals surface area contributed by atoms with E-state index in [1.54, 1.807) is 19.1 Å². The Bertz CT molecular complexity index is 1200. The molecule has 2 amide bonds. The maximum Gasteiger partial charge on any atom is 0.244 e. The Morgan fingerprint density at radius 1 is 1.17 bits per heavy atom. The second-order valence-electron chi connectivity index (χ2n) is 9.20. The van der Waals surface area contributed by atoms with Crippen LogP contribution in [0.15, 0.2) is 42.5 Å². The smallest absolute Gasteiger partial charge is 0.244 e. The molecule has 0 saturated heterocycles. The van der Waals surface area contributed by atoms with Gasteiger partial charge < -0.3 is 15.0 Å². The molecular formula is C26H34ClN3O5S. The van der Waals surface area contributed by atoms with Gasteiger partial charge in [-0.25, -0.2) is 8.42 Å². The topological polar surface area (TPSA) is 96.0 Å². The van der Waals surface area contributed by atoms with Crippen molar-refractivity contribution in [2.24, 2.45) is 0 Å². The van der Waals surface area contributed by atoms with Crippen molar-refractivity contribution in [3.63, 3.8) is 0 Å². The van der Waals surface area contributed by atoms with E-state index in [0.29, 0.717) is 5.02 Å². The molecule has 2 aromatic carbocycles. The number of rotatable bonds is 10. The normalized spacial score (nSPS) is 14.8. The number of nitrogens with one attached hydrogen (secondary N) is 1. The summed E-state index contributed by atoms with van der Waals surface area (Å²) in [6.07, 6.45) is 4.98. The number of amides is 2. The van der Waals surface area contributed by atoms with Gasteiger partial charge in [-0.3, -0.25) is 13.9 Å². The first kappa shape index (κ1) is 27.8. The van der Waals surface area contributed by atoms with Crippen molar-refractivity contribution < 1.29 is 22.7 Å². The molecule has 0 aromatic heterocycles. The Morgan fingerprint density at radius 2 is 1.83 bits per heavy atom. The molecule has 10 heteroatoms. The van der Waals surface area contributed by atoms with Gasteiger partial charge in [0.2, 0.25) is 21.8 Å². The van der Waals surface area contributed by atoms with E-state index in [0.717, 1.165) is 47.4 Å². The van der Waals surface area contributed by atoms with Gasteiger partial charge in [-0.2, -0.15) is 0 Å². The third-order valence-corrected chi connectivity index (χ3v) is 7.92. The van der Waals surface area contributed by atoms with Gasteiger partial charge in [0.15, 0.2) is 0 Å². The molecule has 0 heterocycles. The van der Waals surface area contributed by atoms with Gasteiger partial charge in [-0.1, -0.05) is 48.7 Å². The number of anilines is 1. The van der Waals surface area contributed by atoms with Crippen LogP contribution in [0.4, 0.5) is 5.69 Å². The lowest BCUT2D eigenvalue weighted by molar-refractivity contribution is -0.139. The monoisotopic (exact) mass is 535 g/mol. The minimum Gasteiger partial charge on any atom is -0.495 e. The van der Waals surface area contributed by atoms with Gasteiger partial charge >= 0.3 is 0 Å². The second kappa shape index (κ2) is 12.0. The largest absolute Gasteiger partial charge is 0.495 e. The van der Waals surface area contributed by atoms with Crippen molar-refractivity contribution in [2.75, 3.05) is 24.2 Å². The zero-order valence-electron chi connectivity index (χ0n) is 21.2. The Kier molecular flexibility index (Phi) is 9.24. The third kappa shape index (κ3) is 6.91. The van der Waals surface area contributed by atoms with Crippen LogP contribution in [0.2, 0.25) is 5.02 Å². The molecule has 36 heavy (non-hydrogen) atoms. The molecule has 1 atom stereocenters. The fourth-order valence-corrected chi connectivity index (χ4v) is 5.41. The summed E-state index contributed by atoms with van der Waals surface area (Å²) in [5.41, 5.74) is 1.99. The lowest BCUT2D eigenvalue weighted by Crippen LogP contribution is -2.52. The number of hydrogen-bond acceptors (Lipinski definition) is 5. The summed E-state index contributed by atoms with van der Waals surface area (Å²) >= 11 is 6.14. The average molecular weight is 536 g/mol. The van der Waals surface area contributed by atoms with Crippen LogP contribution in [0, 0.1) is 6.92 Å². The predicted molar refractivity (Wildman–Crippen MR) is 142 cm³/mol. The molecule has 0 aliphatic heterocycles. The SMILES string of the molecule is COc1ccc(Cl)cc1N(CC(=O)N(Cc1ccccc1C)[C@@H](C)C(=O)NC1CCCC1)S(C)(=O)=O. The van der Waals surface area contributed by atoms with Gasteiger partial charge in [0.05, 0.1) is 19.1 Å².